The minimum atomic E-state index is -0.430. The Morgan fingerprint density at radius 1 is 1.56 bits per heavy atom. The maximum absolute atomic E-state index is 10.9. The van der Waals surface area contributed by atoms with Crippen molar-refractivity contribution < 1.29 is 10.0 Å². The van der Waals surface area contributed by atoms with Crippen molar-refractivity contribution in [3.63, 3.8) is 0 Å². The molecule has 1 aromatic carbocycles. The van der Waals surface area contributed by atoms with Gasteiger partial charge in [0.2, 0.25) is 0 Å². The molecule has 0 bridgehead atoms. The fraction of sp³-hybridized carbons (Fsp3) is 0.400. The van der Waals surface area contributed by atoms with Crippen LogP contribution in [-0.2, 0) is 0 Å². The van der Waals surface area contributed by atoms with E-state index in [0.717, 1.165) is 12.8 Å². The van der Waals surface area contributed by atoms with Crippen LogP contribution in [0.4, 0.5) is 11.4 Å². The van der Waals surface area contributed by atoms with Crippen LogP contribution in [0.2, 0.25) is 0 Å². The van der Waals surface area contributed by atoms with E-state index in [1.54, 1.807) is 12.1 Å². The Labute approximate surface area is 101 Å². The van der Waals surface area contributed by atoms with E-state index in [4.69, 9.17) is 5.11 Å². The topological polar surface area (TPSA) is 75.4 Å². The summed E-state index contributed by atoms with van der Waals surface area (Å²) in [4.78, 5) is 10.4. The van der Waals surface area contributed by atoms with Gasteiger partial charge in [0.15, 0.2) is 0 Å². The van der Waals surface area contributed by atoms with Gasteiger partial charge in [-0.3, -0.25) is 10.1 Å². The summed E-state index contributed by atoms with van der Waals surface area (Å²) in [5, 5.41) is 23.1. The average molecular weight is 287 g/mol. The molecule has 0 unspecified atom stereocenters. The van der Waals surface area contributed by atoms with Crippen molar-refractivity contribution in [1.29, 1.82) is 0 Å². The van der Waals surface area contributed by atoms with Gasteiger partial charge in [0, 0.05) is 10.5 Å². The van der Waals surface area contributed by atoms with E-state index < -0.39 is 4.92 Å². The normalized spacial score (nSPS) is 16.9. The lowest BCUT2D eigenvalue weighted by Gasteiger charge is -2.15. The first-order chi connectivity index (χ1) is 7.56. The zero-order chi connectivity index (χ0) is 11.8. The molecule has 0 radical (unpaired) electrons. The van der Waals surface area contributed by atoms with Gasteiger partial charge in [0.05, 0.1) is 17.1 Å². The van der Waals surface area contributed by atoms with Gasteiger partial charge in [-0.15, -0.1) is 0 Å². The van der Waals surface area contributed by atoms with Crippen molar-refractivity contribution in [1.82, 2.24) is 0 Å². The number of nitrogens with zero attached hydrogens (tertiary/aromatic N) is 1. The highest BCUT2D eigenvalue weighted by Crippen LogP contribution is 2.41. The summed E-state index contributed by atoms with van der Waals surface area (Å²) in [5.41, 5.74) is 0.132. The molecule has 1 aliphatic rings. The highest BCUT2D eigenvalue weighted by atomic mass is 79.9. The van der Waals surface area contributed by atoms with Gasteiger partial charge in [0.1, 0.15) is 5.69 Å². The Balaban J connectivity index is 2.29. The van der Waals surface area contributed by atoms with Gasteiger partial charge in [0.25, 0.3) is 5.69 Å². The third-order valence-electron chi connectivity index (χ3n) is 2.71. The SMILES string of the molecule is O=[N+]([O-])c1cc(Br)ccc1NC1(CO)CC1. The fourth-order valence-corrected chi connectivity index (χ4v) is 1.87. The molecule has 0 spiro atoms. The molecule has 0 aromatic heterocycles. The first kappa shape index (κ1) is 11.3. The zero-order valence-electron chi connectivity index (χ0n) is 8.44. The average Bonchev–Trinajstić information content (AvgIpc) is 3.01. The standard InChI is InChI=1S/C10H11BrN2O3/c11-7-1-2-8(9(5-7)13(15)16)12-10(6-14)3-4-10/h1-2,5,12,14H,3-4,6H2. The monoisotopic (exact) mass is 286 g/mol. The molecular weight excluding hydrogens is 276 g/mol. The molecule has 1 aromatic rings. The molecule has 1 aliphatic carbocycles. The van der Waals surface area contributed by atoms with Crippen molar-refractivity contribution in [3.8, 4) is 0 Å². The van der Waals surface area contributed by atoms with E-state index in [1.807, 2.05) is 0 Å². The number of nitro groups is 1. The summed E-state index contributed by atoms with van der Waals surface area (Å²) in [6.07, 6.45) is 1.69. The first-order valence-electron chi connectivity index (χ1n) is 4.89. The second kappa shape index (κ2) is 4.03. The van der Waals surface area contributed by atoms with Crippen LogP contribution in [0, 0.1) is 10.1 Å². The molecule has 0 aliphatic heterocycles. The second-order valence-electron chi connectivity index (χ2n) is 3.98. The summed E-state index contributed by atoms with van der Waals surface area (Å²) in [5.74, 6) is 0. The fourth-order valence-electron chi connectivity index (χ4n) is 1.52. The van der Waals surface area contributed by atoms with Crippen LogP contribution in [0.3, 0.4) is 0 Å². The number of hydrogen-bond donors (Lipinski definition) is 2. The molecule has 86 valence electrons. The molecule has 2 N–H and O–H groups in total. The minimum absolute atomic E-state index is 0.000216. The van der Waals surface area contributed by atoms with Crippen LogP contribution < -0.4 is 5.32 Å². The van der Waals surface area contributed by atoms with Crippen molar-refractivity contribution in [3.05, 3.63) is 32.8 Å². The zero-order valence-corrected chi connectivity index (χ0v) is 10.0. The number of aliphatic hydroxyl groups excluding tert-OH is 1. The van der Waals surface area contributed by atoms with Gasteiger partial charge in [-0.1, -0.05) is 15.9 Å². The highest BCUT2D eigenvalue weighted by Gasteiger charge is 2.43. The Hall–Kier alpha value is -1.14. The number of halogens is 1. The lowest BCUT2D eigenvalue weighted by molar-refractivity contribution is -0.384. The Bertz CT molecular complexity index is 432. The highest BCUT2D eigenvalue weighted by molar-refractivity contribution is 9.10. The number of hydrogen-bond acceptors (Lipinski definition) is 4. The van der Waals surface area contributed by atoms with E-state index in [9.17, 15) is 10.1 Å². The van der Waals surface area contributed by atoms with E-state index in [2.05, 4.69) is 21.2 Å². The number of benzene rings is 1. The molecule has 16 heavy (non-hydrogen) atoms. The van der Waals surface area contributed by atoms with Crippen molar-refractivity contribution in [2.75, 3.05) is 11.9 Å². The van der Waals surface area contributed by atoms with Crippen LogP contribution in [0.15, 0.2) is 22.7 Å². The number of nitro benzene ring substituents is 1. The first-order valence-corrected chi connectivity index (χ1v) is 5.69. The van der Waals surface area contributed by atoms with E-state index >= 15 is 0 Å². The summed E-state index contributed by atoms with van der Waals surface area (Å²) in [7, 11) is 0. The largest absolute Gasteiger partial charge is 0.394 e. The summed E-state index contributed by atoms with van der Waals surface area (Å²) in [6, 6.07) is 4.84. The van der Waals surface area contributed by atoms with Gasteiger partial charge < -0.3 is 10.4 Å². The van der Waals surface area contributed by atoms with Crippen LogP contribution >= 0.6 is 15.9 Å². The molecule has 0 amide bonds. The summed E-state index contributed by atoms with van der Waals surface area (Å²) in [6.45, 7) is 0.000216. The van der Waals surface area contributed by atoms with Crippen LogP contribution in [0.25, 0.3) is 0 Å². The molecule has 2 rings (SSSR count). The molecule has 0 atom stereocenters. The number of rotatable bonds is 4. The van der Waals surface area contributed by atoms with Crippen LogP contribution in [-0.4, -0.2) is 22.2 Å². The predicted octanol–water partition coefficient (Wildman–Crippen LogP) is 2.29. The molecule has 1 saturated carbocycles. The van der Waals surface area contributed by atoms with E-state index in [0.29, 0.717) is 10.2 Å². The number of aliphatic hydroxyl groups is 1. The predicted molar refractivity (Wildman–Crippen MR) is 63.5 cm³/mol. The van der Waals surface area contributed by atoms with Crippen molar-refractivity contribution >= 4 is 27.3 Å². The lowest BCUT2D eigenvalue weighted by atomic mass is 10.2. The Morgan fingerprint density at radius 2 is 2.25 bits per heavy atom. The van der Waals surface area contributed by atoms with Gasteiger partial charge in [-0.2, -0.15) is 0 Å². The number of nitrogens with one attached hydrogen (secondary N) is 1. The summed E-state index contributed by atoms with van der Waals surface area (Å²) < 4.78 is 0.665. The molecular formula is C10H11BrN2O3. The van der Waals surface area contributed by atoms with Crippen LogP contribution in [0.5, 0.6) is 0 Å². The van der Waals surface area contributed by atoms with E-state index in [-0.39, 0.29) is 17.8 Å². The maximum Gasteiger partial charge on any atom is 0.293 e. The quantitative estimate of drug-likeness (QED) is 0.658. The summed E-state index contributed by atoms with van der Waals surface area (Å²) >= 11 is 3.20. The van der Waals surface area contributed by atoms with Crippen molar-refractivity contribution in [2.45, 2.75) is 18.4 Å². The molecule has 1 fully saturated rings. The van der Waals surface area contributed by atoms with Gasteiger partial charge >= 0.3 is 0 Å². The van der Waals surface area contributed by atoms with Gasteiger partial charge in [-0.25, -0.2) is 0 Å². The molecule has 0 saturated heterocycles. The molecule has 0 heterocycles. The third-order valence-corrected chi connectivity index (χ3v) is 3.21. The Kier molecular flexibility index (Phi) is 2.86. The van der Waals surface area contributed by atoms with Crippen molar-refractivity contribution in [2.24, 2.45) is 0 Å². The Morgan fingerprint density at radius 3 is 2.75 bits per heavy atom. The third kappa shape index (κ3) is 2.17. The van der Waals surface area contributed by atoms with Crippen LogP contribution in [0.1, 0.15) is 12.8 Å². The lowest BCUT2D eigenvalue weighted by Crippen LogP contribution is -2.25. The van der Waals surface area contributed by atoms with Gasteiger partial charge in [-0.05, 0) is 25.0 Å². The number of anilines is 1. The second-order valence-corrected chi connectivity index (χ2v) is 4.90. The maximum atomic E-state index is 10.9. The molecule has 6 heteroatoms. The van der Waals surface area contributed by atoms with E-state index in [1.165, 1.54) is 6.07 Å². The minimum Gasteiger partial charge on any atom is -0.394 e. The smallest absolute Gasteiger partial charge is 0.293 e. The molecule has 5 nitrogen and oxygen atoms in total.